The van der Waals surface area contributed by atoms with E-state index in [1.54, 1.807) is 32.1 Å². The predicted molar refractivity (Wildman–Crippen MR) is 136 cm³/mol. The van der Waals surface area contributed by atoms with Crippen LogP contribution in [-0.4, -0.2) is 56.9 Å². The Morgan fingerprint density at radius 3 is 2.26 bits per heavy atom. The molecule has 0 aromatic heterocycles. The first-order valence-electron chi connectivity index (χ1n) is 10.1. The third-order valence-corrected chi connectivity index (χ3v) is 4.47. The molecule has 3 N–H and O–H groups in total. The Bertz CT molecular complexity index is 899. The van der Waals surface area contributed by atoms with E-state index in [0.29, 0.717) is 30.2 Å². The zero-order valence-corrected chi connectivity index (χ0v) is 20.9. The zero-order valence-electron chi connectivity index (χ0n) is 18.6. The monoisotopic (exact) mass is 537 g/mol. The summed E-state index contributed by atoms with van der Waals surface area (Å²) < 4.78 is 0. The first-order chi connectivity index (χ1) is 14.4. The highest BCUT2D eigenvalue weighted by molar-refractivity contribution is 14.0. The molecule has 0 aliphatic carbocycles. The molecule has 0 unspecified atom stereocenters. The van der Waals surface area contributed by atoms with Crippen molar-refractivity contribution in [2.24, 2.45) is 4.99 Å². The number of hydrogen-bond donors (Lipinski definition) is 3. The van der Waals surface area contributed by atoms with E-state index >= 15 is 0 Å². The average Bonchev–Trinajstić information content (AvgIpc) is 2.76. The first kappa shape index (κ1) is 26.4. The lowest BCUT2D eigenvalue weighted by Crippen LogP contribution is -2.38. The van der Waals surface area contributed by atoms with Crippen molar-refractivity contribution in [1.29, 1.82) is 0 Å². The van der Waals surface area contributed by atoms with Crippen molar-refractivity contribution < 1.29 is 9.59 Å². The topological polar surface area (TPSA) is 85.8 Å². The molecule has 0 fully saturated rings. The maximum atomic E-state index is 12.1. The predicted octanol–water partition coefficient (Wildman–Crippen LogP) is 2.66. The van der Waals surface area contributed by atoms with Crippen molar-refractivity contribution in [3.8, 4) is 0 Å². The Balaban J connectivity index is 0.00000480. The molecular formula is C23H32IN5O2. The second-order valence-corrected chi connectivity index (χ2v) is 7.05. The highest BCUT2D eigenvalue weighted by atomic mass is 127. The molecule has 0 saturated heterocycles. The highest BCUT2D eigenvalue weighted by Crippen LogP contribution is 2.08. The molecular weight excluding hydrogens is 505 g/mol. The van der Waals surface area contributed by atoms with Gasteiger partial charge in [-0.05, 0) is 48.7 Å². The molecule has 0 aliphatic rings. The Hall–Kier alpha value is -2.62. The molecule has 168 valence electrons. The molecule has 7 nitrogen and oxygen atoms in total. The summed E-state index contributed by atoms with van der Waals surface area (Å²) in [6, 6.07) is 15.1. The van der Waals surface area contributed by atoms with Gasteiger partial charge in [-0.25, -0.2) is 4.99 Å². The lowest BCUT2D eigenvalue weighted by molar-refractivity contribution is 0.0827. The first-order valence-corrected chi connectivity index (χ1v) is 10.1. The van der Waals surface area contributed by atoms with Gasteiger partial charge in [-0.1, -0.05) is 24.3 Å². The maximum Gasteiger partial charge on any atom is 0.253 e. The molecule has 0 spiro atoms. The van der Waals surface area contributed by atoms with Crippen molar-refractivity contribution in [3.05, 3.63) is 70.8 Å². The standard InChI is InChI=1S/C23H31N5O2.HI/c1-5-25-23(27-16-18-9-7-10-19(15-18)21(29)24-2)26-13-12-17-8-6-11-20(14-17)22(30)28(3)4;/h6-11,14-15H,5,12-13,16H2,1-4H3,(H,24,29)(H2,25,26,27);1H. The molecule has 2 amide bonds. The van der Waals surface area contributed by atoms with Gasteiger partial charge in [0, 0.05) is 45.4 Å². The Morgan fingerprint density at radius 2 is 1.61 bits per heavy atom. The van der Waals surface area contributed by atoms with Gasteiger partial charge in [-0.2, -0.15) is 0 Å². The van der Waals surface area contributed by atoms with Crippen LogP contribution in [0.4, 0.5) is 0 Å². The molecule has 0 radical (unpaired) electrons. The number of benzene rings is 2. The van der Waals surface area contributed by atoms with E-state index in [0.717, 1.165) is 24.1 Å². The minimum absolute atomic E-state index is 0. The van der Waals surface area contributed by atoms with Gasteiger partial charge in [0.1, 0.15) is 0 Å². The van der Waals surface area contributed by atoms with E-state index < -0.39 is 0 Å². The van der Waals surface area contributed by atoms with Crippen LogP contribution in [0.2, 0.25) is 0 Å². The lowest BCUT2D eigenvalue weighted by Gasteiger charge is -2.13. The average molecular weight is 537 g/mol. The molecule has 0 heterocycles. The van der Waals surface area contributed by atoms with Crippen LogP contribution < -0.4 is 16.0 Å². The number of carbonyl (C=O) groups is 2. The number of halogens is 1. The van der Waals surface area contributed by atoms with Crippen molar-refractivity contribution in [1.82, 2.24) is 20.9 Å². The molecule has 0 saturated carbocycles. The highest BCUT2D eigenvalue weighted by Gasteiger charge is 2.08. The van der Waals surface area contributed by atoms with E-state index in [-0.39, 0.29) is 35.8 Å². The number of nitrogens with zero attached hydrogens (tertiary/aromatic N) is 2. The number of hydrogen-bond acceptors (Lipinski definition) is 3. The molecule has 2 aromatic carbocycles. The number of rotatable bonds is 8. The van der Waals surface area contributed by atoms with Crippen LogP contribution in [0.15, 0.2) is 53.5 Å². The minimum atomic E-state index is -0.110. The van der Waals surface area contributed by atoms with Crippen LogP contribution >= 0.6 is 24.0 Å². The number of carbonyl (C=O) groups excluding carboxylic acids is 2. The van der Waals surface area contributed by atoms with E-state index in [1.807, 2.05) is 49.4 Å². The largest absolute Gasteiger partial charge is 0.357 e. The van der Waals surface area contributed by atoms with E-state index in [2.05, 4.69) is 20.9 Å². The molecule has 2 rings (SSSR count). The van der Waals surface area contributed by atoms with E-state index in [1.165, 1.54) is 0 Å². The second kappa shape index (κ2) is 13.6. The molecule has 2 aromatic rings. The molecule has 8 heteroatoms. The van der Waals surface area contributed by atoms with Gasteiger partial charge in [0.25, 0.3) is 11.8 Å². The summed E-state index contributed by atoms with van der Waals surface area (Å²) in [7, 11) is 5.12. The van der Waals surface area contributed by atoms with Gasteiger partial charge in [0.2, 0.25) is 0 Å². The number of aliphatic imine (C=N–C) groups is 1. The van der Waals surface area contributed by atoms with Crippen LogP contribution in [0.5, 0.6) is 0 Å². The van der Waals surface area contributed by atoms with Crippen LogP contribution in [0, 0.1) is 0 Å². The maximum absolute atomic E-state index is 12.1. The van der Waals surface area contributed by atoms with Gasteiger partial charge in [0.05, 0.1) is 6.54 Å². The summed E-state index contributed by atoms with van der Waals surface area (Å²) in [5, 5.41) is 9.19. The van der Waals surface area contributed by atoms with Crippen molar-refractivity contribution in [2.75, 3.05) is 34.2 Å². The Labute approximate surface area is 201 Å². The van der Waals surface area contributed by atoms with Crippen molar-refractivity contribution >= 4 is 41.8 Å². The van der Waals surface area contributed by atoms with Crippen molar-refractivity contribution in [2.45, 2.75) is 19.9 Å². The van der Waals surface area contributed by atoms with E-state index in [9.17, 15) is 9.59 Å². The van der Waals surface area contributed by atoms with E-state index in [4.69, 9.17) is 0 Å². The zero-order chi connectivity index (χ0) is 21.9. The van der Waals surface area contributed by atoms with Crippen LogP contribution in [0.1, 0.15) is 38.8 Å². The summed E-state index contributed by atoms with van der Waals surface area (Å²) in [5.41, 5.74) is 3.36. The van der Waals surface area contributed by atoms with Gasteiger partial charge in [0.15, 0.2) is 5.96 Å². The summed E-state index contributed by atoms with van der Waals surface area (Å²) in [6.07, 6.45) is 0.769. The van der Waals surface area contributed by atoms with Crippen LogP contribution in [0.3, 0.4) is 0 Å². The van der Waals surface area contributed by atoms with Gasteiger partial charge in [-0.3, -0.25) is 9.59 Å². The third kappa shape index (κ3) is 8.56. The Morgan fingerprint density at radius 1 is 0.968 bits per heavy atom. The SMILES string of the molecule is CCNC(=NCc1cccc(C(=O)NC)c1)NCCc1cccc(C(=O)N(C)C)c1.I. The summed E-state index contributed by atoms with van der Waals surface area (Å²) >= 11 is 0. The fourth-order valence-electron chi connectivity index (χ4n) is 2.91. The fourth-order valence-corrected chi connectivity index (χ4v) is 2.91. The third-order valence-electron chi connectivity index (χ3n) is 4.47. The second-order valence-electron chi connectivity index (χ2n) is 7.05. The molecule has 0 atom stereocenters. The number of nitrogens with one attached hydrogen (secondary N) is 3. The summed E-state index contributed by atoms with van der Waals surface area (Å²) in [5.74, 6) is 0.600. The van der Waals surface area contributed by atoms with Crippen molar-refractivity contribution in [3.63, 3.8) is 0 Å². The van der Waals surface area contributed by atoms with Crippen LogP contribution in [0.25, 0.3) is 0 Å². The van der Waals surface area contributed by atoms with Gasteiger partial charge in [-0.15, -0.1) is 24.0 Å². The smallest absolute Gasteiger partial charge is 0.253 e. The number of amides is 2. The molecule has 31 heavy (non-hydrogen) atoms. The number of guanidine groups is 1. The van der Waals surface area contributed by atoms with Crippen LogP contribution in [-0.2, 0) is 13.0 Å². The molecule has 0 aliphatic heterocycles. The normalized spacial score (nSPS) is 10.6. The molecule has 0 bridgehead atoms. The Kier molecular flexibility index (Phi) is 11.6. The minimum Gasteiger partial charge on any atom is -0.357 e. The van der Waals surface area contributed by atoms with Gasteiger partial charge >= 0.3 is 0 Å². The fraction of sp³-hybridized carbons (Fsp3) is 0.348. The van der Waals surface area contributed by atoms with Gasteiger partial charge < -0.3 is 20.9 Å². The summed E-state index contributed by atoms with van der Waals surface area (Å²) in [4.78, 5) is 30.1. The summed E-state index contributed by atoms with van der Waals surface area (Å²) in [6.45, 7) is 3.91. The quantitative estimate of drug-likeness (QED) is 0.275. The lowest BCUT2D eigenvalue weighted by atomic mass is 10.1.